The molecule has 0 amide bonds. The summed E-state index contributed by atoms with van der Waals surface area (Å²) < 4.78 is 0. The van der Waals surface area contributed by atoms with Gasteiger partial charge >= 0.3 is 0 Å². The van der Waals surface area contributed by atoms with Crippen molar-refractivity contribution in [1.82, 2.24) is 4.98 Å². The third-order valence-electron chi connectivity index (χ3n) is 3.96. The zero-order valence-corrected chi connectivity index (χ0v) is 15.5. The van der Waals surface area contributed by atoms with Gasteiger partial charge in [-0.3, -0.25) is 0 Å². The number of nitrogens with one attached hydrogen (secondary N) is 1. The SMILES string of the molecule is N#Cc1c(N)nc(NCc2ccccc2)c(C#N)c1-c1c(Cl)cccc1Cl. The summed E-state index contributed by atoms with van der Waals surface area (Å²) in [5.74, 6) is 0.266. The monoisotopic (exact) mass is 393 g/mol. The Balaban J connectivity index is 2.19. The van der Waals surface area contributed by atoms with Crippen molar-refractivity contribution >= 4 is 34.8 Å². The number of pyridine rings is 1. The van der Waals surface area contributed by atoms with Crippen LogP contribution in [0.4, 0.5) is 11.6 Å². The Kier molecular flexibility index (Phi) is 5.47. The summed E-state index contributed by atoms with van der Waals surface area (Å²) in [5.41, 5.74) is 7.87. The van der Waals surface area contributed by atoms with Gasteiger partial charge in [0.15, 0.2) is 0 Å². The van der Waals surface area contributed by atoms with Gasteiger partial charge in [-0.2, -0.15) is 10.5 Å². The first-order valence-corrected chi connectivity index (χ1v) is 8.68. The van der Waals surface area contributed by atoms with E-state index in [0.29, 0.717) is 22.2 Å². The van der Waals surface area contributed by atoms with Crippen molar-refractivity contribution in [3.8, 4) is 23.3 Å². The number of nitrogens with zero attached hydrogens (tertiary/aromatic N) is 3. The number of nitriles is 2. The van der Waals surface area contributed by atoms with Gasteiger partial charge in [0.25, 0.3) is 0 Å². The minimum absolute atomic E-state index is 0.00181. The fraction of sp³-hybridized carbons (Fsp3) is 0.0500. The average molecular weight is 394 g/mol. The molecule has 1 heterocycles. The first-order valence-electron chi connectivity index (χ1n) is 7.92. The smallest absolute Gasteiger partial charge is 0.147 e. The topological polar surface area (TPSA) is 98.5 Å². The van der Waals surface area contributed by atoms with Crippen LogP contribution in [0.1, 0.15) is 16.7 Å². The number of halogens is 2. The zero-order valence-electron chi connectivity index (χ0n) is 14.0. The van der Waals surface area contributed by atoms with Crippen LogP contribution in [0.3, 0.4) is 0 Å². The normalized spacial score (nSPS) is 10.1. The van der Waals surface area contributed by atoms with E-state index in [2.05, 4.69) is 16.4 Å². The molecule has 3 N–H and O–H groups in total. The quantitative estimate of drug-likeness (QED) is 0.649. The minimum atomic E-state index is -0.00181. The van der Waals surface area contributed by atoms with E-state index >= 15 is 0 Å². The van der Waals surface area contributed by atoms with Crippen molar-refractivity contribution in [2.75, 3.05) is 11.1 Å². The van der Waals surface area contributed by atoms with Crippen molar-refractivity contribution in [2.45, 2.75) is 6.54 Å². The number of benzene rings is 2. The average Bonchev–Trinajstić information content (AvgIpc) is 2.67. The largest absolute Gasteiger partial charge is 0.383 e. The number of hydrogen-bond acceptors (Lipinski definition) is 5. The molecule has 0 saturated heterocycles. The molecule has 0 atom stereocenters. The molecule has 3 aromatic rings. The van der Waals surface area contributed by atoms with Crippen LogP contribution >= 0.6 is 23.2 Å². The summed E-state index contributed by atoms with van der Waals surface area (Å²) in [6.07, 6.45) is 0. The summed E-state index contributed by atoms with van der Waals surface area (Å²) in [6, 6.07) is 18.7. The van der Waals surface area contributed by atoms with Gasteiger partial charge in [-0.15, -0.1) is 0 Å². The number of rotatable bonds is 4. The summed E-state index contributed by atoms with van der Waals surface area (Å²) in [4.78, 5) is 4.21. The molecule has 5 nitrogen and oxygen atoms in total. The Hall–Kier alpha value is -3.25. The molecule has 0 spiro atoms. The molecule has 0 unspecified atom stereocenters. The molecular formula is C20H13Cl2N5. The number of nitrogens with two attached hydrogens (primary N) is 1. The molecule has 0 aliphatic heterocycles. The van der Waals surface area contributed by atoms with E-state index < -0.39 is 0 Å². The van der Waals surface area contributed by atoms with Crippen LogP contribution in [-0.2, 0) is 6.54 Å². The van der Waals surface area contributed by atoms with E-state index in [1.165, 1.54) is 0 Å². The molecule has 7 heteroatoms. The Labute approximate surface area is 166 Å². The minimum Gasteiger partial charge on any atom is -0.383 e. The Bertz CT molecular complexity index is 1060. The number of anilines is 2. The Morgan fingerprint density at radius 1 is 0.889 bits per heavy atom. The van der Waals surface area contributed by atoms with Gasteiger partial charge in [-0.1, -0.05) is 59.6 Å². The van der Waals surface area contributed by atoms with Gasteiger partial charge in [-0.25, -0.2) is 4.98 Å². The standard InChI is InChI=1S/C20H13Cl2N5/c21-15-7-4-8-16(22)18(15)17-13(9-23)19(25)27-20(14(17)10-24)26-11-12-5-2-1-3-6-12/h1-8H,11H2,(H3,25,26,27). The molecule has 0 radical (unpaired) electrons. The maximum absolute atomic E-state index is 9.78. The van der Waals surface area contributed by atoms with Crippen LogP contribution in [0.5, 0.6) is 0 Å². The maximum atomic E-state index is 9.78. The molecule has 0 saturated carbocycles. The maximum Gasteiger partial charge on any atom is 0.147 e. The van der Waals surface area contributed by atoms with Gasteiger partial charge in [0.05, 0.1) is 0 Å². The molecule has 2 aromatic carbocycles. The molecule has 0 aliphatic carbocycles. The van der Waals surface area contributed by atoms with Crippen LogP contribution in [0.2, 0.25) is 10.0 Å². The molecule has 27 heavy (non-hydrogen) atoms. The molecule has 1 aromatic heterocycles. The fourth-order valence-electron chi connectivity index (χ4n) is 2.72. The highest BCUT2D eigenvalue weighted by Crippen LogP contribution is 2.41. The van der Waals surface area contributed by atoms with Crippen molar-refractivity contribution in [2.24, 2.45) is 0 Å². The Morgan fingerprint density at radius 2 is 1.52 bits per heavy atom. The van der Waals surface area contributed by atoms with E-state index in [1.54, 1.807) is 18.2 Å². The third kappa shape index (κ3) is 3.66. The van der Waals surface area contributed by atoms with Gasteiger partial charge < -0.3 is 11.1 Å². The predicted molar refractivity (Wildman–Crippen MR) is 107 cm³/mol. The van der Waals surface area contributed by atoms with Crippen LogP contribution in [0.25, 0.3) is 11.1 Å². The molecule has 132 valence electrons. The first-order chi connectivity index (χ1) is 13.1. The third-order valence-corrected chi connectivity index (χ3v) is 4.59. The lowest BCUT2D eigenvalue weighted by Crippen LogP contribution is -2.09. The van der Waals surface area contributed by atoms with Crippen molar-refractivity contribution in [3.05, 3.63) is 75.3 Å². The summed E-state index contributed by atoms with van der Waals surface area (Å²) in [6.45, 7) is 0.434. The predicted octanol–water partition coefficient (Wildman–Crippen LogP) is 4.99. The molecular weight excluding hydrogens is 381 g/mol. The lowest BCUT2D eigenvalue weighted by molar-refractivity contribution is 1.11. The van der Waals surface area contributed by atoms with E-state index in [0.717, 1.165) is 5.56 Å². The van der Waals surface area contributed by atoms with Crippen molar-refractivity contribution < 1.29 is 0 Å². The highest BCUT2D eigenvalue weighted by atomic mass is 35.5. The van der Waals surface area contributed by atoms with E-state index in [9.17, 15) is 10.5 Å². The molecule has 0 fully saturated rings. The van der Waals surface area contributed by atoms with E-state index in [4.69, 9.17) is 28.9 Å². The zero-order chi connectivity index (χ0) is 19.4. The molecule has 0 bridgehead atoms. The van der Waals surface area contributed by atoms with Crippen LogP contribution in [0, 0.1) is 22.7 Å². The van der Waals surface area contributed by atoms with Crippen molar-refractivity contribution in [3.63, 3.8) is 0 Å². The van der Waals surface area contributed by atoms with Crippen LogP contribution in [0.15, 0.2) is 48.5 Å². The summed E-state index contributed by atoms with van der Waals surface area (Å²) >= 11 is 12.6. The summed E-state index contributed by atoms with van der Waals surface area (Å²) in [5, 5.41) is 23.1. The second-order valence-corrected chi connectivity index (χ2v) is 6.44. The molecule has 3 rings (SSSR count). The van der Waals surface area contributed by atoms with E-state index in [-0.39, 0.29) is 28.3 Å². The second-order valence-electron chi connectivity index (χ2n) is 5.63. The highest BCUT2D eigenvalue weighted by Gasteiger charge is 2.23. The van der Waals surface area contributed by atoms with Gasteiger partial charge in [-0.05, 0) is 17.7 Å². The molecule has 0 aliphatic rings. The van der Waals surface area contributed by atoms with Gasteiger partial charge in [0.2, 0.25) is 0 Å². The number of aromatic nitrogens is 1. The fourth-order valence-corrected chi connectivity index (χ4v) is 3.31. The van der Waals surface area contributed by atoms with Crippen LogP contribution in [-0.4, -0.2) is 4.98 Å². The van der Waals surface area contributed by atoms with Gasteiger partial charge in [0.1, 0.15) is 34.9 Å². The first kappa shape index (κ1) is 18.5. The summed E-state index contributed by atoms with van der Waals surface area (Å²) in [7, 11) is 0. The number of hydrogen-bond donors (Lipinski definition) is 2. The number of nitrogen functional groups attached to an aromatic ring is 1. The van der Waals surface area contributed by atoms with E-state index in [1.807, 2.05) is 36.4 Å². The lowest BCUT2D eigenvalue weighted by atomic mass is 9.95. The van der Waals surface area contributed by atoms with Gasteiger partial charge in [0, 0.05) is 27.7 Å². The lowest BCUT2D eigenvalue weighted by Gasteiger charge is -2.16. The van der Waals surface area contributed by atoms with Crippen molar-refractivity contribution in [1.29, 1.82) is 10.5 Å². The van der Waals surface area contributed by atoms with Crippen LogP contribution < -0.4 is 11.1 Å². The highest BCUT2D eigenvalue weighted by molar-refractivity contribution is 6.39. The Morgan fingerprint density at radius 3 is 2.11 bits per heavy atom. The second kappa shape index (κ2) is 7.97.